The van der Waals surface area contributed by atoms with Gasteiger partial charge >= 0.3 is 5.97 Å². The van der Waals surface area contributed by atoms with Crippen molar-refractivity contribution in [2.24, 2.45) is 5.92 Å². The molecule has 0 aliphatic carbocycles. The van der Waals surface area contributed by atoms with E-state index in [0.29, 0.717) is 18.4 Å². The Kier molecular flexibility index (Phi) is 7.56. The van der Waals surface area contributed by atoms with Crippen LogP contribution in [0.4, 0.5) is 0 Å². The predicted molar refractivity (Wildman–Crippen MR) is 91.6 cm³/mol. The van der Waals surface area contributed by atoms with Crippen molar-refractivity contribution in [3.05, 3.63) is 35.9 Å². The van der Waals surface area contributed by atoms with E-state index < -0.39 is 5.97 Å². The van der Waals surface area contributed by atoms with E-state index in [-0.39, 0.29) is 12.5 Å². The Labute approximate surface area is 139 Å². The van der Waals surface area contributed by atoms with Crippen molar-refractivity contribution in [1.29, 1.82) is 0 Å². The van der Waals surface area contributed by atoms with Crippen LogP contribution in [0.3, 0.4) is 0 Å². The summed E-state index contributed by atoms with van der Waals surface area (Å²) in [4.78, 5) is 10.9. The van der Waals surface area contributed by atoms with Gasteiger partial charge in [-0.1, -0.05) is 37.3 Å². The summed E-state index contributed by atoms with van der Waals surface area (Å²) in [5.74, 6) is -0.0845. The monoisotopic (exact) mass is 319 g/mol. The molecule has 1 aliphatic heterocycles. The third-order valence-corrected chi connectivity index (χ3v) is 4.66. The van der Waals surface area contributed by atoms with Gasteiger partial charge in [0.1, 0.15) is 0 Å². The smallest absolute Gasteiger partial charge is 0.303 e. The fourth-order valence-electron chi connectivity index (χ4n) is 3.23. The number of aliphatic carboxylic acids is 1. The molecule has 1 aliphatic rings. The predicted octanol–water partition coefficient (Wildman–Crippen LogP) is 3.26. The lowest BCUT2D eigenvalue weighted by molar-refractivity contribution is -0.137. The minimum atomic E-state index is -0.720. The maximum absolute atomic E-state index is 10.9. The Morgan fingerprint density at radius 2 is 2.17 bits per heavy atom. The average Bonchev–Trinajstić information content (AvgIpc) is 2.58. The molecule has 4 nitrogen and oxygen atoms in total. The van der Waals surface area contributed by atoms with Gasteiger partial charge in [0.05, 0.1) is 6.10 Å². The van der Waals surface area contributed by atoms with Crippen LogP contribution in [-0.4, -0.2) is 36.4 Å². The molecule has 3 unspecified atom stereocenters. The Morgan fingerprint density at radius 1 is 1.39 bits per heavy atom. The molecule has 0 saturated carbocycles. The van der Waals surface area contributed by atoms with E-state index in [1.807, 2.05) is 18.2 Å². The van der Waals surface area contributed by atoms with Crippen LogP contribution in [0.2, 0.25) is 0 Å². The van der Waals surface area contributed by atoms with Gasteiger partial charge in [-0.3, -0.25) is 4.79 Å². The van der Waals surface area contributed by atoms with Crippen molar-refractivity contribution in [3.8, 4) is 0 Å². The van der Waals surface area contributed by atoms with E-state index >= 15 is 0 Å². The van der Waals surface area contributed by atoms with Crippen LogP contribution >= 0.6 is 0 Å². The number of carbonyl (C=O) groups is 1. The zero-order valence-electron chi connectivity index (χ0n) is 14.0. The Bertz CT molecular complexity index is 463. The molecule has 4 heteroatoms. The number of rotatable bonds is 9. The van der Waals surface area contributed by atoms with E-state index in [9.17, 15) is 4.79 Å². The molecule has 1 heterocycles. The van der Waals surface area contributed by atoms with Crippen molar-refractivity contribution in [1.82, 2.24) is 5.32 Å². The zero-order chi connectivity index (χ0) is 16.5. The Balaban J connectivity index is 1.84. The summed E-state index contributed by atoms with van der Waals surface area (Å²) < 4.78 is 5.73. The zero-order valence-corrected chi connectivity index (χ0v) is 14.0. The van der Waals surface area contributed by atoms with Crippen molar-refractivity contribution in [2.75, 3.05) is 13.2 Å². The van der Waals surface area contributed by atoms with Crippen LogP contribution in [0.25, 0.3) is 0 Å². The summed E-state index contributed by atoms with van der Waals surface area (Å²) in [5.41, 5.74) is 1.26. The second kappa shape index (κ2) is 9.68. The molecule has 128 valence electrons. The Hall–Kier alpha value is -1.39. The van der Waals surface area contributed by atoms with Gasteiger partial charge in [-0.15, -0.1) is 0 Å². The molecule has 1 fully saturated rings. The molecule has 3 atom stereocenters. The normalized spacial score (nSPS) is 22.7. The number of hydrogen-bond donors (Lipinski definition) is 2. The van der Waals surface area contributed by atoms with E-state index in [1.54, 1.807) is 0 Å². The first kappa shape index (κ1) is 18.0. The van der Waals surface area contributed by atoms with Gasteiger partial charge in [-0.25, -0.2) is 0 Å². The standard InChI is InChI=1S/C19H29NO3/c1-2-18-13-16(10-11-23-18)14-20-17(8-9-19(21)22)12-15-6-4-3-5-7-15/h3-7,16-18,20H,2,8-14H2,1H3,(H,21,22). The highest BCUT2D eigenvalue weighted by atomic mass is 16.5. The molecule has 0 spiro atoms. The fourth-order valence-corrected chi connectivity index (χ4v) is 3.23. The van der Waals surface area contributed by atoms with Crippen LogP contribution in [0.1, 0.15) is 44.6 Å². The summed E-state index contributed by atoms with van der Waals surface area (Å²) in [6.07, 6.45) is 5.45. The minimum Gasteiger partial charge on any atom is -0.481 e. The highest BCUT2D eigenvalue weighted by molar-refractivity contribution is 5.66. The third-order valence-electron chi connectivity index (χ3n) is 4.66. The average molecular weight is 319 g/mol. The topological polar surface area (TPSA) is 58.6 Å². The second-order valence-corrected chi connectivity index (χ2v) is 6.52. The first-order chi connectivity index (χ1) is 11.2. The lowest BCUT2D eigenvalue weighted by Crippen LogP contribution is -2.38. The first-order valence-electron chi connectivity index (χ1n) is 8.78. The molecule has 0 amide bonds. The first-order valence-corrected chi connectivity index (χ1v) is 8.78. The SMILES string of the molecule is CCC1CC(CNC(CCC(=O)O)Cc2ccccc2)CCO1. The van der Waals surface area contributed by atoms with Gasteiger partial charge in [0.25, 0.3) is 0 Å². The molecule has 2 rings (SSSR count). The van der Waals surface area contributed by atoms with Crippen LogP contribution in [-0.2, 0) is 16.0 Å². The molecule has 23 heavy (non-hydrogen) atoms. The molecule has 0 aromatic heterocycles. The molecule has 2 N–H and O–H groups in total. The molecule has 0 bridgehead atoms. The number of ether oxygens (including phenoxy) is 1. The van der Waals surface area contributed by atoms with Crippen molar-refractivity contribution in [3.63, 3.8) is 0 Å². The number of nitrogens with one attached hydrogen (secondary N) is 1. The lowest BCUT2D eigenvalue weighted by atomic mass is 9.93. The van der Waals surface area contributed by atoms with Gasteiger partial charge in [-0.2, -0.15) is 0 Å². The molecule has 1 saturated heterocycles. The van der Waals surface area contributed by atoms with Gasteiger partial charge in [-0.05, 0) is 50.1 Å². The maximum Gasteiger partial charge on any atom is 0.303 e. The number of carboxylic acid groups (broad SMARTS) is 1. The highest BCUT2D eigenvalue weighted by Gasteiger charge is 2.22. The van der Waals surface area contributed by atoms with E-state index in [1.165, 1.54) is 5.56 Å². The van der Waals surface area contributed by atoms with Gasteiger partial charge in [0, 0.05) is 19.1 Å². The van der Waals surface area contributed by atoms with Crippen LogP contribution in [0.5, 0.6) is 0 Å². The van der Waals surface area contributed by atoms with E-state index in [2.05, 4.69) is 24.4 Å². The lowest BCUT2D eigenvalue weighted by Gasteiger charge is -2.30. The fraction of sp³-hybridized carbons (Fsp3) is 0.632. The van der Waals surface area contributed by atoms with Gasteiger partial charge < -0.3 is 15.2 Å². The van der Waals surface area contributed by atoms with Gasteiger partial charge in [0.2, 0.25) is 0 Å². The number of hydrogen-bond acceptors (Lipinski definition) is 3. The summed E-state index contributed by atoms with van der Waals surface area (Å²) in [5, 5.41) is 12.6. The van der Waals surface area contributed by atoms with Crippen LogP contribution < -0.4 is 5.32 Å². The second-order valence-electron chi connectivity index (χ2n) is 6.52. The van der Waals surface area contributed by atoms with Crippen LogP contribution in [0.15, 0.2) is 30.3 Å². The summed E-state index contributed by atoms with van der Waals surface area (Å²) >= 11 is 0. The van der Waals surface area contributed by atoms with Crippen molar-refractivity contribution < 1.29 is 14.6 Å². The minimum absolute atomic E-state index is 0.218. The molecule has 0 radical (unpaired) electrons. The quantitative estimate of drug-likeness (QED) is 0.733. The third kappa shape index (κ3) is 6.71. The van der Waals surface area contributed by atoms with Crippen molar-refractivity contribution >= 4 is 5.97 Å². The van der Waals surface area contributed by atoms with Gasteiger partial charge in [0.15, 0.2) is 0 Å². The molecular formula is C19H29NO3. The summed E-state index contributed by atoms with van der Waals surface area (Å²) in [6.45, 7) is 3.98. The maximum atomic E-state index is 10.9. The van der Waals surface area contributed by atoms with Crippen LogP contribution in [0, 0.1) is 5.92 Å². The summed E-state index contributed by atoms with van der Waals surface area (Å²) in [6, 6.07) is 10.5. The van der Waals surface area contributed by atoms with Crippen molar-refractivity contribution in [2.45, 2.75) is 57.6 Å². The number of benzene rings is 1. The Morgan fingerprint density at radius 3 is 2.87 bits per heavy atom. The molecule has 1 aromatic carbocycles. The number of carboxylic acids is 1. The largest absolute Gasteiger partial charge is 0.481 e. The van der Waals surface area contributed by atoms with E-state index in [4.69, 9.17) is 9.84 Å². The van der Waals surface area contributed by atoms with E-state index in [0.717, 1.165) is 38.8 Å². The molecule has 1 aromatic rings. The highest BCUT2D eigenvalue weighted by Crippen LogP contribution is 2.22. The summed E-state index contributed by atoms with van der Waals surface area (Å²) in [7, 11) is 0. The molecular weight excluding hydrogens is 290 g/mol.